The second-order valence-corrected chi connectivity index (χ2v) is 9.30. The summed E-state index contributed by atoms with van der Waals surface area (Å²) in [5, 5.41) is 7.01. The quantitative estimate of drug-likeness (QED) is 0.433. The summed E-state index contributed by atoms with van der Waals surface area (Å²) < 4.78 is 3.31. The molecule has 0 radical (unpaired) electrons. The Labute approximate surface area is 185 Å². The second kappa shape index (κ2) is 8.83. The Morgan fingerprint density at radius 2 is 2.00 bits per heavy atom. The molecule has 0 bridgehead atoms. The summed E-state index contributed by atoms with van der Waals surface area (Å²) in [5.41, 5.74) is 8.93. The average molecular weight is 505 g/mol. The molecule has 4 N–H and O–H groups in total. The summed E-state index contributed by atoms with van der Waals surface area (Å²) in [4.78, 5) is 14.2. The maximum Gasteiger partial charge on any atom is 0.227 e. The minimum absolute atomic E-state index is 0.277. The maximum absolute atomic E-state index is 6.05. The normalized spacial score (nSPS) is 19.6. The standard InChI is InChI=1S/C21H28IN7/c1-13(2)29-12-25-18-19(24-11-14-4-3-5-15(22)10-14)27-21(28-20(18)29)26-17-8-6-16(23)7-9-17/h3-5,10,12-13,16-17H,6-9,11,23H2,1-2H3,(H2,24,26,27,28). The molecule has 8 heteroatoms. The number of fused-ring (bicyclic) bond motifs is 1. The summed E-state index contributed by atoms with van der Waals surface area (Å²) >= 11 is 2.33. The van der Waals surface area contributed by atoms with E-state index >= 15 is 0 Å². The van der Waals surface area contributed by atoms with Crippen molar-refractivity contribution in [1.29, 1.82) is 0 Å². The van der Waals surface area contributed by atoms with Gasteiger partial charge in [-0.15, -0.1) is 0 Å². The van der Waals surface area contributed by atoms with Crippen LogP contribution in [-0.2, 0) is 6.54 Å². The van der Waals surface area contributed by atoms with Crippen molar-refractivity contribution >= 4 is 45.5 Å². The first-order chi connectivity index (χ1) is 14.0. The topological polar surface area (TPSA) is 93.7 Å². The van der Waals surface area contributed by atoms with Crippen molar-refractivity contribution in [2.75, 3.05) is 10.6 Å². The molecule has 2 heterocycles. The summed E-state index contributed by atoms with van der Waals surface area (Å²) in [6.45, 7) is 4.96. The molecule has 154 valence electrons. The molecule has 2 aromatic heterocycles. The van der Waals surface area contributed by atoms with Crippen LogP contribution in [0.3, 0.4) is 0 Å². The minimum atomic E-state index is 0.277. The molecule has 0 saturated heterocycles. The first kappa shape index (κ1) is 20.3. The number of benzene rings is 1. The lowest BCUT2D eigenvalue weighted by Crippen LogP contribution is -2.33. The Hall–Kier alpha value is -1.94. The van der Waals surface area contributed by atoms with E-state index < -0.39 is 0 Å². The zero-order valence-corrected chi connectivity index (χ0v) is 19.1. The van der Waals surface area contributed by atoms with Crippen molar-refractivity contribution < 1.29 is 0 Å². The van der Waals surface area contributed by atoms with Gasteiger partial charge in [-0.05, 0) is 79.8 Å². The third-order valence-corrected chi connectivity index (χ3v) is 6.10. The predicted octanol–water partition coefficient (Wildman–Crippen LogP) is 4.31. The molecule has 3 aromatic rings. The maximum atomic E-state index is 6.05. The van der Waals surface area contributed by atoms with Crippen LogP contribution in [0.4, 0.5) is 11.8 Å². The van der Waals surface area contributed by atoms with Gasteiger partial charge in [0, 0.05) is 28.2 Å². The van der Waals surface area contributed by atoms with E-state index in [1.807, 2.05) is 6.33 Å². The molecule has 7 nitrogen and oxygen atoms in total. The van der Waals surface area contributed by atoms with Gasteiger partial charge in [-0.2, -0.15) is 9.97 Å². The van der Waals surface area contributed by atoms with Gasteiger partial charge in [0.1, 0.15) is 0 Å². The number of hydrogen-bond donors (Lipinski definition) is 3. The number of nitrogens with two attached hydrogens (primary N) is 1. The van der Waals surface area contributed by atoms with E-state index in [1.54, 1.807) is 0 Å². The van der Waals surface area contributed by atoms with E-state index in [0.717, 1.165) is 42.7 Å². The van der Waals surface area contributed by atoms with E-state index in [1.165, 1.54) is 9.13 Å². The number of rotatable bonds is 6. The fourth-order valence-electron chi connectivity index (χ4n) is 3.76. The molecule has 4 rings (SSSR count). The highest BCUT2D eigenvalue weighted by atomic mass is 127. The highest BCUT2D eigenvalue weighted by Crippen LogP contribution is 2.26. The fraction of sp³-hybridized carbons (Fsp3) is 0.476. The predicted molar refractivity (Wildman–Crippen MR) is 126 cm³/mol. The SMILES string of the molecule is CC(C)n1cnc2c(NCc3cccc(I)c3)nc(NC3CCC(N)CC3)nc21. The number of hydrogen-bond acceptors (Lipinski definition) is 6. The lowest BCUT2D eigenvalue weighted by atomic mass is 9.92. The summed E-state index contributed by atoms with van der Waals surface area (Å²) in [6, 6.07) is 9.42. The molecular weight excluding hydrogens is 477 g/mol. The largest absolute Gasteiger partial charge is 0.364 e. The monoisotopic (exact) mass is 505 g/mol. The zero-order chi connectivity index (χ0) is 20.4. The van der Waals surface area contributed by atoms with Crippen LogP contribution >= 0.6 is 22.6 Å². The van der Waals surface area contributed by atoms with Crippen LogP contribution in [0.1, 0.15) is 51.1 Å². The average Bonchev–Trinajstić information content (AvgIpc) is 3.12. The highest BCUT2D eigenvalue weighted by Gasteiger charge is 2.21. The molecule has 1 aromatic carbocycles. The van der Waals surface area contributed by atoms with Crippen LogP contribution in [-0.4, -0.2) is 31.6 Å². The Kier molecular flexibility index (Phi) is 6.19. The van der Waals surface area contributed by atoms with Gasteiger partial charge in [0.15, 0.2) is 17.0 Å². The molecule has 1 aliphatic rings. The zero-order valence-electron chi connectivity index (χ0n) is 16.9. The third kappa shape index (κ3) is 4.80. The highest BCUT2D eigenvalue weighted by molar-refractivity contribution is 14.1. The second-order valence-electron chi connectivity index (χ2n) is 8.05. The van der Waals surface area contributed by atoms with Gasteiger partial charge in [0.05, 0.1) is 6.33 Å². The fourth-order valence-corrected chi connectivity index (χ4v) is 4.37. The molecule has 0 amide bonds. The number of anilines is 2. The molecular formula is C21H28IN7. The number of nitrogens with zero attached hydrogens (tertiary/aromatic N) is 4. The lowest BCUT2D eigenvalue weighted by molar-refractivity contribution is 0.410. The van der Waals surface area contributed by atoms with E-state index in [9.17, 15) is 0 Å². The van der Waals surface area contributed by atoms with Gasteiger partial charge in [-0.25, -0.2) is 4.98 Å². The molecule has 0 atom stereocenters. The number of halogens is 1. The van der Waals surface area contributed by atoms with Crippen molar-refractivity contribution in [2.45, 2.75) is 64.2 Å². The Balaban J connectivity index is 1.62. The number of aromatic nitrogens is 4. The molecule has 29 heavy (non-hydrogen) atoms. The number of nitrogens with one attached hydrogen (secondary N) is 2. The van der Waals surface area contributed by atoms with Crippen molar-refractivity contribution in [3.63, 3.8) is 0 Å². The van der Waals surface area contributed by atoms with Gasteiger partial charge in [-0.1, -0.05) is 12.1 Å². The van der Waals surface area contributed by atoms with Gasteiger partial charge in [0.2, 0.25) is 5.95 Å². The lowest BCUT2D eigenvalue weighted by Gasteiger charge is -2.27. The van der Waals surface area contributed by atoms with E-state index in [2.05, 4.69) is 80.9 Å². The van der Waals surface area contributed by atoms with Crippen molar-refractivity contribution in [2.24, 2.45) is 5.73 Å². The third-order valence-electron chi connectivity index (χ3n) is 5.43. The van der Waals surface area contributed by atoms with Gasteiger partial charge < -0.3 is 20.9 Å². The van der Waals surface area contributed by atoms with Crippen molar-refractivity contribution in [3.8, 4) is 0 Å². The summed E-state index contributed by atoms with van der Waals surface area (Å²) in [7, 11) is 0. The molecule has 0 aliphatic heterocycles. The molecule has 1 aliphatic carbocycles. The first-order valence-corrected chi connectivity index (χ1v) is 11.3. The van der Waals surface area contributed by atoms with Gasteiger partial charge in [0.25, 0.3) is 0 Å². The van der Waals surface area contributed by atoms with Crippen molar-refractivity contribution in [1.82, 2.24) is 19.5 Å². The van der Waals surface area contributed by atoms with Crippen LogP contribution in [0, 0.1) is 3.57 Å². The van der Waals surface area contributed by atoms with Crippen LogP contribution < -0.4 is 16.4 Å². The summed E-state index contributed by atoms with van der Waals surface area (Å²) in [5.74, 6) is 1.42. The van der Waals surface area contributed by atoms with E-state index in [-0.39, 0.29) is 6.04 Å². The van der Waals surface area contributed by atoms with Gasteiger partial charge >= 0.3 is 0 Å². The Morgan fingerprint density at radius 1 is 1.21 bits per heavy atom. The van der Waals surface area contributed by atoms with Crippen molar-refractivity contribution in [3.05, 3.63) is 39.7 Å². The minimum Gasteiger partial charge on any atom is -0.364 e. The smallest absolute Gasteiger partial charge is 0.227 e. The Morgan fingerprint density at radius 3 is 2.72 bits per heavy atom. The molecule has 0 spiro atoms. The molecule has 1 fully saturated rings. The van der Waals surface area contributed by atoms with Crippen LogP contribution in [0.2, 0.25) is 0 Å². The van der Waals surface area contributed by atoms with E-state index in [4.69, 9.17) is 15.7 Å². The first-order valence-electron chi connectivity index (χ1n) is 10.2. The van der Waals surface area contributed by atoms with E-state index in [0.29, 0.717) is 24.6 Å². The van der Waals surface area contributed by atoms with Gasteiger partial charge in [-0.3, -0.25) is 0 Å². The summed E-state index contributed by atoms with van der Waals surface area (Å²) in [6.07, 6.45) is 6.04. The Bertz CT molecular complexity index is 976. The van der Waals surface area contributed by atoms with Crippen LogP contribution in [0.5, 0.6) is 0 Å². The van der Waals surface area contributed by atoms with Crippen LogP contribution in [0.25, 0.3) is 11.2 Å². The number of imidazole rings is 1. The van der Waals surface area contributed by atoms with Crippen LogP contribution in [0.15, 0.2) is 30.6 Å². The molecule has 1 saturated carbocycles. The molecule has 0 unspecified atom stereocenters.